The number of aromatic nitrogens is 1. The summed E-state index contributed by atoms with van der Waals surface area (Å²) in [6.45, 7) is 3.59. The Morgan fingerprint density at radius 2 is 1.77 bits per heavy atom. The second-order valence-electron chi connectivity index (χ2n) is 7.36. The topological polar surface area (TPSA) is 71.5 Å². The highest BCUT2D eigenvalue weighted by atomic mass is 16.5. The minimum Gasteiger partial charge on any atom is -0.462 e. The van der Waals surface area contributed by atoms with Gasteiger partial charge < -0.3 is 15.0 Å². The molecule has 1 amide bonds. The number of esters is 1. The Hall–Kier alpha value is -3.41. The van der Waals surface area contributed by atoms with E-state index in [0.29, 0.717) is 17.7 Å². The zero-order valence-electron chi connectivity index (χ0n) is 17.0. The molecule has 0 spiro atoms. The van der Waals surface area contributed by atoms with Crippen molar-refractivity contribution in [2.24, 2.45) is 0 Å². The Morgan fingerprint density at radius 3 is 2.50 bits per heavy atom. The molecule has 1 fully saturated rings. The lowest BCUT2D eigenvalue weighted by Crippen LogP contribution is -2.45. The monoisotopic (exact) mass is 403 g/mol. The Kier molecular flexibility index (Phi) is 5.93. The molecule has 4 rings (SSSR count). The van der Waals surface area contributed by atoms with Crippen molar-refractivity contribution in [1.29, 1.82) is 0 Å². The number of carbonyl (C=O) groups is 2. The first-order valence-electron chi connectivity index (χ1n) is 10.3. The maximum atomic E-state index is 12.6. The molecule has 0 bridgehead atoms. The van der Waals surface area contributed by atoms with Gasteiger partial charge in [0.05, 0.1) is 17.8 Å². The first-order valence-corrected chi connectivity index (χ1v) is 10.3. The molecule has 154 valence electrons. The van der Waals surface area contributed by atoms with Gasteiger partial charge in [-0.25, -0.2) is 4.79 Å². The number of benzene rings is 2. The number of anilines is 1. The minimum absolute atomic E-state index is 0.0457. The molecule has 1 aliphatic rings. The van der Waals surface area contributed by atoms with Crippen LogP contribution in [-0.2, 0) is 4.74 Å². The molecular formula is C24H25N3O3. The Morgan fingerprint density at radius 1 is 1.07 bits per heavy atom. The maximum Gasteiger partial charge on any atom is 0.341 e. The van der Waals surface area contributed by atoms with Crippen LogP contribution in [0.3, 0.4) is 0 Å². The zero-order chi connectivity index (χ0) is 20.9. The Balaban J connectivity index is 1.53. The number of rotatable bonds is 5. The summed E-state index contributed by atoms with van der Waals surface area (Å²) in [5.74, 6) is -0.402. The number of amides is 1. The van der Waals surface area contributed by atoms with Crippen molar-refractivity contribution in [3.8, 4) is 0 Å². The molecule has 30 heavy (non-hydrogen) atoms. The van der Waals surface area contributed by atoms with Crippen LogP contribution in [0.15, 0.2) is 60.8 Å². The summed E-state index contributed by atoms with van der Waals surface area (Å²) < 4.78 is 5.27. The number of nitrogens with zero attached hydrogens (tertiary/aromatic N) is 2. The molecule has 1 saturated heterocycles. The normalized spacial score (nSPS) is 14.5. The van der Waals surface area contributed by atoms with Gasteiger partial charge in [0.15, 0.2) is 0 Å². The Bertz CT molecular complexity index is 1040. The SMILES string of the molecule is CCOC(=O)c1cnc2ccccc2c1N1CCC(NC(=O)c2ccccc2)CC1. The summed E-state index contributed by atoms with van der Waals surface area (Å²) in [6, 6.07) is 17.2. The molecule has 1 aliphatic heterocycles. The average molecular weight is 403 g/mol. The largest absolute Gasteiger partial charge is 0.462 e. The lowest BCUT2D eigenvalue weighted by atomic mass is 10.0. The third-order valence-electron chi connectivity index (χ3n) is 5.42. The number of piperidine rings is 1. The fourth-order valence-corrected chi connectivity index (χ4v) is 3.93. The van der Waals surface area contributed by atoms with Crippen LogP contribution in [0.2, 0.25) is 0 Å². The van der Waals surface area contributed by atoms with E-state index in [2.05, 4.69) is 15.2 Å². The van der Waals surface area contributed by atoms with Crippen molar-refractivity contribution in [2.75, 3.05) is 24.6 Å². The van der Waals surface area contributed by atoms with E-state index < -0.39 is 0 Å². The molecule has 3 aromatic rings. The molecule has 6 heteroatoms. The van der Waals surface area contributed by atoms with Gasteiger partial charge >= 0.3 is 5.97 Å². The molecular weight excluding hydrogens is 378 g/mol. The van der Waals surface area contributed by atoms with Crippen molar-refractivity contribution in [1.82, 2.24) is 10.3 Å². The molecule has 2 aromatic carbocycles. The fraction of sp³-hybridized carbons (Fsp3) is 0.292. The molecule has 1 N–H and O–H groups in total. The molecule has 0 radical (unpaired) electrons. The van der Waals surface area contributed by atoms with Gasteiger partial charge in [0, 0.05) is 36.3 Å². The number of para-hydroxylation sites is 1. The molecule has 6 nitrogen and oxygen atoms in total. The smallest absolute Gasteiger partial charge is 0.341 e. The van der Waals surface area contributed by atoms with Gasteiger partial charge in [0.25, 0.3) is 5.91 Å². The number of hydrogen-bond acceptors (Lipinski definition) is 5. The number of pyridine rings is 1. The van der Waals surface area contributed by atoms with Crippen LogP contribution in [0.1, 0.15) is 40.5 Å². The van der Waals surface area contributed by atoms with Crippen LogP contribution < -0.4 is 10.2 Å². The summed E-state index contributed by atoms with van der Waals surface area (Å²) in [4.78, 5) is 31.7. The van der Waals surface area contributed by atoms with Crippen LogP contribution in [0, 0.1) is 0 Å². The second kappa shape index (κ2) is 8.95. The highest BCUT2D eigenvalue weighted by Gasteiger charge is 2.26. The quantitative estimate of drug-likeness (QED) is 0.656. The summed E-state index contributed by atoms with van der Waals surface area (Å²) in [5, 5.41) is 4.07. The predicted molar refractivity (Wildman–Crippen MR) is 117 cm³/mol. The molecule has 0 saturated carbocycles. The van der Waals surface area contributed by atoms with Crippen LogP contribution in [0.5, 0.6) is 0 Å². The average Bonchev–Trinajstić information content (AvgIpc) is 2.79. The first kappa shape index (κ1) is 19.9. The highest BCUT2D eigenvalue weighted by Crippen LogP contribution is 2.32. The number of hydrogen-bond donors (Lipinski definition) is 1. The highest BCUT2D eigenvalue weighted by molar-refractivity contribution is 6.05. The van der Waals surface area contributed by atoms with Gasteiger partial charge in [-0.3, -0.25) is 9.78 Å². The van der Waals surface area contributed by atoms with E-state index in [1.165, 1.54) is 0 Å². The number of fused-ring (bicyclic) bond motifs is 1. The van der Waals surface area contributed by atoms with E-state index in [1.807, 2.05) is 54.6 Å². The third kappa shape index (κ3) is 4.13. The fourth-order valence-electron chi connectivity index (χ4n) is 3.93. The van der Waals surface area contributed by atoms with Gasteiger partial charge in [-0.15, -0.1) is 0 Å². The number of carbonyl (C=O) groups excluding carboxylic acids is 2. The molecule has 2 heterocycles. The first-order chi connectivity index (χ1) is 14.7. The van der Waals surface area contributed by atoms with Gasteiger partial charge in [-0.2, -0.15) is 0 Å². The predicted octanol–water partition coefficient (Wildman–Crippen LogP) is 3.81. The summed E-state index contributed by atoms with van der Waals surface area (Å²) in [7, 11) is 0. The second-order valence-corrected chi connectivity index (χ2v) is 7.36. The van der Waals surface area contributed by atoms with Gasteiger partial charge in [0.1, 0.15) is 5.56 Å². The van der Waals surface area contributed by atoms with E-state index in [-0.39, 0.29) is 17.9 Å². The van der Waals surface area contributed by atoms with E-state index >= 15 is 0 Å². The van der Waals surface area contributed by atoms with Crippen molar-refractivity contribution < 1.29 is 14.3 Å². The molecule has 0 atom stereocenters. The third-order valence-corrected chi connectivity index (χ3v) is 5.42. The zero-order valence-corrected chi connectivity index (χ0v) is 17.0. The van der Waals surface area contributed by atoms with Crippen LogP contribution in [-0.4, -0.2) is 42.6 Å². The lowest BCUT2D eigenvalue weighted by molar-refractivity contribution is 0.0526. The van der Waals surface area contributed by atoms with Crippen LogP contribution in [0.25, 0.3) is 10.9 Å². The van der Waals surface area contributed by atoms with Crippen LogP contribution in [0.4, 0.5) is 5.69 Å². The lowest BCUT2D eigenvalue weighted by Gasteiger charge is -2.35. The minimum atomic E-state index is -0.356. The van der Waals surface area contributed by atoms with Crippen LogP contribution >= 0.6 is 0 Å². The van der Waals surface area contributed by atoms with Gasteiger partial charge in [-0.1, -0.05) is 36.4 Å². The summed E-state index contributed by atoms with van der Waals surface area (Å²) in [6.07, 6.45) is 3.22. The summed E-state index contributed by atoms with van der Waals surface area (Å²) in [5.41, 5.74) is 2.87. The van der Waals surface area contributed by atoms with E-state index in [0.717, 1.165) is 42.5 Å². The summed E-state index contributed by atoms with van der Waals surface area (Å²) >= 11 is 0. The van der Waals surface area contributed by atoms with Crippen molar-refractivity contribution in [3.05, 3.63) is 71.9 Å². The number of ether oxygens (including phenoxy) is 1. The Labute approximate surface area is 175 Å². The van der Waals surface area contributed by atoms with Crippen molar-refractivity contribution in [3.63, 3.8) is 0 Å². The van der Waals surface area contributed by atoms with Crippen molar-refractivity contribution in [2.45, 2.75) is 25.8 Å². The molecule has 0 unspecified atom stereocenters. The van der Waals surface area contributed by atoms with E-state index in [4.69, 9.17) is 4.74 Å². The van der Waals surface area contributed by atoms with Gasteiger partial charge in [-0.05, 0) is 38.0 Å². The van der Waals surface area contributed by atoms with E-state index in [9.17, 15) is 9.59 Å². The van der Waals surface area contributed by atoms with E-state index in [1.54, 1.807) is 13.1 Å². The van der Waals surface area contributed by atoms with Gasteiger partial charge in [0.2, 0.25) is 0 Å². The molecule has 0 aliphatic carbocycles. The number of nitrogens with one attached hydrogen (secondary N) is 1. The maximum absolute atomic E-state index is 12.6. The molecule has 1 aromatic heterocycles. The van der Waals surface area contributed by atoms with Crippen molar-refractivity contribution >= 4 is 28.5 Å². The standard InChI is InChI=1S/C24H25N3O3/c1-2-30-24(29)20-16-25-21-11-7-6-10-19(21)22(20)27-14-12-18(13-15-27)26-23(28)17-8-4-3-5-9-17/h3-11,16,18H,2,12-15H2,1H3,(H,26,28).